The van der Waals surface area contributed by atoms with E-state index < -0.39 is 5.60 Å². The predicted molar refractivity (Wildman–Crippen MR) is 78.1 cm³/mol. The summed E-state index contributed by atoms with van der Waals surface area (Å²) in [5.41, 5.74) is 1.11. The fraction of sp³-hybridized carbons (Fsp3) is 0.438. The van der Waals surface area contributed by atoms with Gasteiger partial charge in [-0.15, -0.1) is 0 Å². The molecule has 0 amide bonds. The van der Waals surface area contributed by atoms with E-state index in [4.69, 9.17) is 10.00 Å². The topological polar surface area (TPSA) is 65.3 Å². The second-order valence-electron chi connectivity index (χ2n) is 5.10. The number of nitrogens with zero attached hydrogens (tertiary/aromatic N) is 1. The minimum absolute atomic E-state index is 0.591. The van der Waals surface area contributed by atoms with Crippen molar-refractivity contribution < 1.29 is 9.84 Å². The van der Waals surface area contributed by atoms with E-state index in [-0.39, 0.29) is 0 Å². The molecule has 0 aliphatic carbocycles. The Labute approximate surface area is 119 Å². The molecule has 4 heteroatoms. The van der Waals surface area contributed by atoms with Crippen molar-refractivity contribution in [3.8, 4) is 6.07 Å². The number of hydrogen-bond donors (Lipinski definition) is 2. The first kappa shape index (κ1) is 14.7. The van der Waals surface area contributed by atoms with Crippen molar-refractivity contribution in [2.45, 2.75) is 18.4 Å². The summed E-state index contributed by atoms with van der Waals surface area (Å²) in [5.74, 6) is 0. The second kappa shape index (κ2) is 7.20. The van der Waals surface area contributed by atoms with Crippen molar-refractivity contribution in [2.75, 3.05) is 26.3 Å². The fourth-order valence-corrected chi connectivity index (χ4v) is 2.18. The summed E-state index contributed by atoms with van der Waals surface area (Å²) in [6.07, 6.45) is 5.41. The lowest BCUT2D eigenvalue weighted by molar-refractivity contribution is -0.0610. The molecule has 1 aliphatic rings. The molecule has 2 rings (SSSR count). The van der Waals surface area contributed by atoms with Crippen molar-refractivity contribution in [1.82, 2.24) is 5.32 Å². The van der Waals surface area contributed by atoms with E-state index in [0.29, 0.717) is 44.7 Å². The monoisotopic (exact) mass is 272 g/mol. The molecule has 2 N–H and O–H groups in total. The Morgan fingerprint density at radius 1 is 1.30 bits per heavy atom. The molecular formula is C16H20N2O2. The van der Waals surface area contributed by atoms with Crippen molar-refractivity contribution in [2.24, 2.45) is 0 Å². The van der Waals surface area contributed by atoms with Gasteiger partial charge in [-0.1, -0.05) is 24.3 Å². The van der Waals surface area contributed by atoms with Crippen LogP contribution in [0.5, 0.6) is 0 Å². The van der Waals surface area contributed by atoms with Crippen LogP contribution in [0, 0.1) is 11.3 Å². The van der Waals surface area contributed by atoms with Gasteiger partial charge in [-0.05, 0) is 17.7 Å². The normalized spacial score (nSPS) is 18.0. The van der Waals surface area contributed by atoms with E-state index in [2.05, 4.69) is 11.4 Å². The molecule has 0 spiro atoms. The number of ether oxygens (including phenoxy) is 1. The van der Waals surface area contributed by atoms with Crippen LogP contribution in [-0.4, -0.2) is 37.0 Å². The minimum atomic E-state index is -0.624. The van der Waals surface area contributed by atoms with Crippen LogP contribution >= 0.6 is 0 Å². The zero-order valence-corrected chi connectivity index (χ0v) is 11.5. The number of hydrogen-bond acceptors (Lipinski definition) is 4. The Kier molecular flexibility index (Phi) is 5.31. The molecular weight excluding hydrogens is 252 g/mol. The molecule has 1 aromatic rings. The third-order valence-corrected chi connectivity index (χ3v) is 3.49. The fourth-order valence-electron chi connectivity index (χ4n) is 2.18. The lowest BCUT2D eigenvalue weighted by atomic mass is 9.94. The lowest BCUT2D eigenvalue weighted by Gasteiger charge is -2.32. The summed E-state index contributed by atoms with van der Waals surface area (Å²) in [7, 11) is 0. The van der Waals surface area contributed by atoms with Crippen LogP contribution in [-0.2, 0) is 4.74 Å². The quantitative estimate of drug-likeness (QED) is 0.801. The van der Waals surface area contributed by atoms with E-state index in [9.17, 15) is 5.11 Å². The van der Waals surface area contributed by atoms with Crippen molar-refractivity contribution >= 4 is 6.08 Å². The van der Waals surface area contributed by atoms with Gasteiger partial charge in [-0.3, -0.25) is 0 Å². The van der Waals surface area contributed by atoms with E-state index in [1.807, 2.05) is 24.3 Å². The van der Waals surface area contributed by atoms with Gasteiger partial charge in [0.2, 0.25) is 0 Å². The number of benzene rings is 1. The van der Waals surface area contributed by atoms with Crippen molar-refractivity contribution in [3.63, 3.8) is 0 Å². The summed E-state index contributed by atoms with van der Waals surface area (Å²) >= 11 is 0. The van der Waals surface area contributed by atoms with Crippen LogP contribution in [0.2, 0.25) is 0 Å². The SMILES string of the molecule is N#Cc1ccc(/C=C/CNCC2(O)CCOCC2)cc1. The number of rotatable bonds is 5. The molecule has 1 aliphatic heterocycles. The molecule has 0 saturated carbocycles. The van der Waals surface area contributed by atoms with Crippen LogP contribution < -0.4 is 5.32 Å². The lowest BCUT2D eigenvalue weighted by Crippen LogP contribution is -2.45. The van der Waals surface area contributed by atoms with Crippen LogP contribution in [0.1, 0.15) is 24.0 Å². The molecule has 1 saturated heterocycles. The highest BCUT2D eigenvalue weighted by molar-refractivity contribution is 5.51. The van der Waals surface area contributed by atoms with Gasteiger partial charge in [0.15, 0.2) is 0 Å². The Balaban J connectivity index is 1.72. The molecule has 0 atom stereocenters. The first-order chi connectivity index (χ1) is 9.72. The molecule has 1 fully saturated rings. The zero-order valence-electron chi connectivity index (χ0n) is 11.5. The van der Waals surface area contributed by atoms with Crippen LogP contribution in [0.3, 0.4) is 0 Å². The maximum atomic E-state index is 10.2. The first-order valence-electron chi connectivity index (χ1n) is 6.89. The highest BCUT2D eigenvalue weighted by Gasteiger charge is 2.28. The largest absolute Gasteiger partial charge is 0.388 e. The van der Waals surface area contributed by atoms with E-state index >= 15 is 0 Å². The van der Waals surface area contributed by atoms with Gasteiger partial charge in [0.05, 0.1) is 17.2 Å². The minimum Gasteiger partial charge on any atom is -0.388 e. The van der Waals surface area contributed by atoms with Gasteiger partial charge in [0.25, 0.3) is 0 Å². The highest BCUT2D eigenvalue weighted by atomic mass is 16.5. The average molecular weight is 272 g/mol. The molecule has 4 nitrogen and oxygen atoms in total. The summed E-state index contributed by atoms with van der Waals surface area (Å²) < 4.78 is 5.24. The maximum absolute atomic E-state index is 10.2. The summed E-state index contributed by atoms with van der Waals surface area (Å²) in [4.78, 5) is 0. The third kappa shape index (κ3) is 4.46. The first-order valence-corrected chi connectivity index (χ1v) is 6.89. The Morgan fingerprint density at radius 2 is 2.00 bits per heavy atom. The van der Waals surface area contributed by atoms with Gasteiger partial charge < -0.3 is 15.2 Å². The summed E-state index contributed by atoms with van der Waals surface area (Å²) in [5, 5.41) is 22.2. The van der Waals surface area contributed by atoms with Gasteiger partial charge in [-0.2, -0.15) is 5.26 Å². The number of aliphatic hydroxyl groups is 1. The predicted octanol–water partition coefficient (Wildman–Crippen LogP) is 1.70. The van der Waals surface area contributed by atoms with Crippen molar-refractivity contribution in [3.05, 3.63) is 41.5 Å². The Bertz CT molecular complexity index is 482. The van der Waals surface area contributed by atoms with Crippen LogP contribution in [0.4, 0.5) is 0 Å². The van der Waals surface area contributed by atoms with Gasteiger partial charge in [0, 0.05) is 39.1 Å². The summed E-state index contributed by atoms with van der Waals surface area (Å²) in [6, 6.07) is 9.54. The van der Waals surface area contributed by atoms with Gasteiger partial charge >= 0.3 is 0 Å². The number of nitriles is 1. The highest BCUT2D eigenvalue weighted by Crippen LogP contribution is 2.19. The molecule has 1 aromatic carbocycles. The van der Waals surface area contributed by atoms with Crippen LogP contribution in [0.25, 0.3) is 6.08 Å². The van der Waals surface area contributed by atoms with Gasteiger partial charge in [-0.25, -0.2) is 0 Å². The van der Waals surface area contributed by atoms with E-state index in [1.165, 1.54) is 0 Å². The molecule has 106 valence electrons. The molecule has 20 heavy (non-hydrogen) atoms. The third-order valence-electron chi connectivity index (χ3n) is 3.49. The summed E-state index contributed by atoms with van der Waals surface area (Å²) in [6.45, 7) is 2.58. The molecule has 0 unspecified atom stereocenters. The zero-order chi connectivity index (χ0) is 14.3. The molecule has 1 heterocycles. The standard InChI is InChI=1S/C16H20N2O2/c17-12-15-5-3-14(4-6-15)2-1-9-18-13-16(19)7-10-20-11-8-16/h1-6,18-19H,7-11,13H2/b2-1+. The van der Waals surface area contributed by atoms with E-state index in [1.54, 1.807) is 12.1 Å². The van der Waals surface area contributed by atoms with Gasteiger partial charge in [0.1, 0.15) is 0 Å². The Morgan fingerprint density at radius 3 is 2.65 bits per heavy atom. The Hall–Kier alpha value is -1.67. The average Bonchev–Trinajstić information content (AvgIpc) is 2.48. The second-order valence-corrected chi connectivity index (χ2v) is 5.10. The molecule has 0 aromatic heterocycles. The maximum Gasteiger partial charge on any atom is 0.0991 e. The van der Waals surface area contributed by atoms with Crippen molar-refractivity contribution in [1.29, 1.82) is 5.26 Å². The smallest absolute Gasteiger partial charge is 0.0991 e. The molecule has 0 bridgehead atoms. The van der Waals surface area contributed by atoms with E-state index in [0.717, 1.165) is 5.56 Å². The number of nitrogens with one attached hydrogen (secondary N) is 1. The molecule has 0 radical (unpaired) electrons. The van der Waals surface area contributed by atoms with Crippen LogP contribution in [0.15, 0.2) is 30.3 Å².